The molecule has 2 aromatic heterocycles. The average Bonchev–Trinajstić information content (AvgIpc) is 3.37. The zero-order chi connectivity index (χ0) is 22.8. The molecule has 172 valence electrons. The molecule has 0 radical (unpaired) electrons. The van der Waals surface area contributed by atoms with Crippen molar-refractivity contribution in [2.24, 2.45) is 12.8 Å². The Hall–Kier alpha value is -2.60. The number of rotatable bonds is 6. The van der Waals surface area contributed by atoms with Crippen LogP contribution in [0.4, 0.5) is 14.5 Å². The zero-order valence-electron chi connectivity index (χ0n) is 17.7. The Kier molecular flexibility index (Phi) is 6.70. The number of methoxy groups -OCH3 is 1. The smallest absolute Gasteiger partial charge is 0.169 e. The van der Waals surface area contributed by atoms with E-state index in [1.54, 1.807) is 29.4 Å². The molecule has 1 fully saturated rings. The zero-order valence-corrected chi connectivity index (χ0v) is 18.5. The lowest BCUT2D eigenvalue weighted by Gasteiger charge is -2.19. The second-order valence-electron chi connectivity index (χ2n) is 7.62. The maximum atomic E-state index is 14.3. The first-order valence-corrected chi connectivity index (χ1v) is 11.0. The number of aliphatic hydroxyl groups excluding tert-OH is 1. The van der Waals surface area contributed by atoms with Crippen LogP contribution in [-0.2, 0) is 11.8 Å². The molecule has 0 spiro atoms. The summed E-state index contributed by atoms with van der Waals surface area (Å²) in [4.78, 5) is 4.38. The maximum Gasteiger partial charge on any atom is 0.169 e. The minimum Gasteiger partial charge on any atom is -0.497 e. The van der Waals surface area contributed by atoms with E-state index in [9.17, 15) is 13.9 Å². The number of nitrogens with two attached hydrogens (primary N) is 1. The van der Waals surface area contributed by atoms with Crippen molar-refractivity contribution < 1.29 is 23.4 Å². The Balaban J connectivity index is 1.53. The lowest BCUT2D eigenvalue weighted by molar-refractivity contribution is 0.0246. The fourth-order valence-electron chi connectivity index (χ4n) is 3.65. The molecular formula is C21H25F2N5O3S. The SMILES string of the molecule is COc1ccc(F)c(-c2nc(C(O)Nc3cnn(C)c3[C@@H]3CC[C@@H](N)[C@H](F)CO3)cs2)c1. The monoisotopic (exact) mass is 465 g/mol. The van der Waals surface area contributed by atoms with Crippen LogP contribution in [0.2, 0.25) is 0 Å². The van der Waals surface area contributed by atoms with Gasteiger partial charge >= 0.3 is 0 Å². The highest BCUT2D eigenvalue weighted by atomic mass is 32.1. The summed E-state index contributed by atoms with van der Waals surface area (Å²) in [6.45, 7) is -0.0967. The van der Waals surface area contributed by atoms with E-state index < -0.39 is 30.4 Å². The van der Waals surface area contributed by atoms with Gasteiger partial charge in [0.1, 0.15) is 34.5 Å². The molecule has 0 saturated carbocycles. The molecule has 4 rings (SSSR count). The maximum absolute atomic E-state index is 14.3. The first-order valence-electron chi connectivity index (χ1n) is 10.1. The van der Waals surface area contributed by atoms with Crippen molar-refractivity contribution in [1.82, 2.24) is 14.8 Å². The van der Waals surface area contributed by atoms with Crippen LogP contribution in [0.25, 0.3) is 10.6 Å². The number of hydrogen-bond donors (Lipinski definition) is 3. The molecule has 4 atom stereocenters. The third-order valence-electron chi connectivity index (χ3n) is 5.47. The standard InChI is InChI=1S/C21H25F2N5O3S/c1-28-19(18-6-5-15(24)14(23)9-31-18)16(8-25-28)26-20(29)17-10-32-21(27-17)12-7-11(30-2)3-4-13(12)22/h3-4,7-8,10,14-15,18,20,26,29H,5-6,9,24H2,1-2H3/t14-,15-,18+,20?/m1/s1. The molecule has 1 aliphatic heterocycles. The molecular weight excluding hydrogens is 440 g/mol. The summed E-state index contributed by atoms with van der Waals surface area (Å²) >= 11 is 1.21. The van der Waals surface area contributed by atoms with Crippen LogP contribution >= 0.6 is 11.3 Å². The van der Waals surface area contributed by atoms with Gasteiger partial charge in [0.2, 0.25) is 0 Å². The lowest BCUT2D eigenvalue weighted by Crippen LogP contribution is -2.32. The summed E-state index contributed by atoms with van der Waals surface area (Å²) in [6, 6.07) is 3.83. The number of aryl methyl sites for hydroxylation is 1. The number of anilines is 1. The number of benzene rings is 1. The molecule has 8 nitrogen and oxygen atoms in total. The van der Waals surface area contributed by atoms with Crippen LogP contribution in [0.3, 0.4) is 0 Å². The third-order valence-corrected chi connectivity index (χ3v) is 6.37. The molecule has 1 saturated heterocycles. The number of nitrogens with zero attached hydrogens (tertiary/aromatic N) is 3. The molecule has 0 aliphatic carbocycles. The van der Waals surface area contributed by atoms with Gasteiger partial charge in [-0.1, -0.05) is 0 Å². The molecule has 0 bridgehead atoms. The lowest BCUT2D eigenvalue weighted by atomic mass is 10.0. The number of alkyl halides is 1. The number of nitrogens with one attached hydrogen (secondary N) is 1. The van der Waals surface area contributed by atoms with E-state index in [0.29, 0.717) is 46.2 Å². The predicted molar refractivity (Wildman–Crippen MR) is 117 cm³/mol. The fraction of sp³-hybridized carbons (Fsp3) is 0.429. The van der Waals surface area contributed by atoms with Crippen molar-refractivity contribution >= 4 is 17.0 Å². The summed E-state index contributed by atoms with van der Waals surface area (Å²) in [5, 5.41) is 20.0. The molecule has 3 aromatic rings. The van der Waals surface area contributed by atoms with Crippen molar-refractivity contribution in [2.45, 2.75) is 37.4 Å². The van der Waals surface area contributed by atoms with Crippen LogP contribution < -0.4 is 15.8 Å². The summed E-state index contributed by atoms with van der Waals surface area (Å²) in [7, 11) is 3.25. The first-order chi connectivity index (χ1) is 15.4. The third kappa shape index (κ3) is 4.60. The van der Waals surface area contributed by atoms with E-state index >= 15 is 0 Å². The van der Waals surface area contributed by atoms with Gasteiger partial charge in [0.05, 0.1) is 31.3 Å². The number of thiazole rings is 1. The van der Waals surface area contributed by atoms with Gasteiger partial charge in [-0.25, -0.2) is 13.8 Å². The fourth-order valence-corrected chi connectivity index (χ4v) is 4.50. The van der Waals surface area contributed by atoms with Crippen LogP contribution in [-0.4, -0.2) is 45.8 Å². The van der Waals surface area contributed by atoms with Gasteiger partial charge in [-0.15, -0.1) is 11.3 Å². The van der Waals surface area contributed by atoms with Gasteiger partial charge in [-0.3, -0.25) is 4.68 Å². The van der Waals surface area contributed by atoms with E-state index in [2.05, 4.69) is 15.4 Å². The van der Waals surface area contributed by atoms with Gasteiger partial charge in [-0.2, -0.15) is 5.10 Å². The topological polar surface area (TPSA) is 107 Å². The highest BCUT2D eigenvalue weighted by Crippen LogP contribution is 2.35. The summed E-state index contributed by atoms with van der Waals surface area (Å²) in [5.41, 5.74) is 7.67. The van der Waals surface area contributed by atoms with Crippen LogP contribution in [0.1, 0.15) is 36.6 Å². The number of hydrogen-bond acceptors (Lipinski definition) is 8. The summed E-state index contributed by atoms with van der Waals surface area (Å²) in [6.07, 6.45) is -0.239. The second-order valence-corrected chi connectivity index (χ2v) is 8.47. The van der Waals surface area contributed by atoms with Crippen molar-refractivity contribution in [3.8, 4) is 16.3 Å². The van der Waals surface area contributed by atoms with Crippen LogP contribution in [0, 0.1) is 5.82 Å². The Morgan fingerprint density at radius 2 is 2.22 bits per heavy atom. The van der Waals surface area contributed by atoms with Crippen LogP contribution in [0.5, 0.6) is 5.75 Å². The molecule has 32 heavy (non-hydrogen) atoms. The molecule has 11 heteroatoms. The number of aliphatic hydroxyl groups is 1. The Labute approximate surface area is 188 Å². The van der Waals surface area contributed by atoms with E-state index in [0.717, 1.165) is 0 Å². The van der Waals surface area contributed by atoms with E-state index in [-0.39, 0.29) is 6.61 Å². The van der Waals surface area contributed by atoms with Gasteiger partial charge in [0.25, 0.3) is 0 Å². The normalized spacial score (nSPS) is 22.4. The number of aromatic nitrogens is 3. The van der Waals surface area contributed by atoms with E-state index in [4.69, 9.17) is 15.2 Å². The highest BCUT2D eigenvalue weighted by molar-refractivity contribution is 7.13. The Morgan fingerprint density at radius 3 is 3.00 bits per heavy atom. The average molecular weight is 466 g/mol. The second kappa shape index (κ2) is 9.49. The van der Waals surface area contributed by atoms with Gasteiger partial charge in [-0.05, 0) is 31.0 Å². The minimum atomic E-state index is -1.22. The molecule has 0 amide bonds. The molecule has 1 aliphatic rings. The summed E-state index contributed by atoms with van der Waals surface area (Å²) < 4.78 is 40.7. The van der Waals surface area contributed by atoms with Gasteiger partial charge in [0, 0.05) is 24.0 Å². The van der Waals surface area contributed by atoms with E-state index in [1.165, 1.54) is 30.6 Å². The first kappa shape index (κ1) is 22.6. The quantitative estimate of drug-likeness (QED) is 0.480. The van der Waals surface area contributed by atoms with Gasteiger partial charge < -0.3 is 25.6 Å². The Morgan fingerprint density at radius 1 is 1.41 bits per heavy atom. The number of halogens is 2. The van der Waals surface area contributed by atoms with Gasteiger partial charge in [0.15, 0.2) is 6.23 Å². The number of ether oxygens (including phenoxy) is 2. The van der Waals surface area contributed by atoms with E-state index in [1.807, 2.05) is 0 Å². The van der Waals surface area contributed by atoms with Crippen molar-refractivity contribution in [1.29, 1.82) is 0 Å². The molecule has 4 N–H and O–H groups in total. The predicted octanol–water partition coefficient (Wildman–Crippen LogP) is 3.31. The molecule has 1 aromatic carbocycles. The largest absolute Gasteiger partial charge is 0.497 e. The molecule has 1 unspecified atom stereocenters. The summed E-state index contributed by atoms with van der Waals surface area (Å²) in [5.74, 6) is 0.0778. The van der Waals surface area contributed by atoms with Crippen molar-refractivity contribution in [2.75, 3.05) is 19.0 Å². The minimum absolute atomic E-state index is 0.0967. The van der Waals surface area contributed by atoms with Crippen LogP contribution in [0.15, 0.2) is 29.8 Å². The Bertz CT molecular complexity index is 1060. The van der Waals surface area contributed by atoms with Crippen molar-refractivity contribution in [3.05, 3.63) is 47.0 Å². The molecule has 3 heterocycles. The van der Waals surface area contributed by atoms with Crippen molar-refractivity contribution in [3.63, 3.8) is 0 Å². The highest BCUT2D eigenvalue weighted by Gasteiger charge is 2.30.